The Labute approximate surface area is 214 Å². The van der Waals surface area contributed by atoms with Crippen LogP contribution in [0, 0.1) is 23.1 Å². The smallest absolute Gasteiger partial charge is 0.410 e. The van der Waals surface area contributed by atoms with Gasteiger partial charge in [0.1, 0.15) is 12.4 Å². The molecule has 1 N–H and O–H groups in total. The van der Waals surface area contributed by atoms with Gasteiger partial charge in [0.05, 0.1) is 5.54 Å². The van der Waals surface area contributed by atoms with E-state index in [-0.39, 0.29) is 40.6 Å². The fraction of sp³-hybridized carbons (Fsp3) is 0.724. The van der Waals surface area contributed by atoms with Crippen LogP contribution in [0.15, 0.2) is 24.3 Å². The molecule has 2 atom stereocenters. The van der Waals surface area contributed by atoms with Crippen molar-refractivity contribution in [1.82, 2.24) is 15.1 Å². The van der Waals surface area contributed by atoms with Crippen LogP contribution in [0.2, 0.25) is 0 Å². The molecule has 4 fully saturated rings. The van der Waals surface area contributed by atoms with Crippen molar-refractivity contribution < 1.29 is 18.7 Å². The Morgan fingerprint density at radius 2 is 1.78 bits per heavy atom. The quantitative estimate of drug-likeness (QED) is 0.624. The van der Waals surface area contributed by atoms with Gasteiger partial charge in [-0.1, -0.05) is 31.4 Å². The summed E-state index contributed by atoms with van der Waals surface area (Å²) < 4.78 is 19.0. The summed E-state index contributed by atoms with van der Waals surface area (Å²) in [6.07, 6.45) is 8.76. The molecule has 7 heteroatoms. The minimum atomic E-state index is -0.289. The largest absolute Gasteiger partial charge is 0.447 e. The average molecular weight is 500 g/mol. The van der Waals surface area contributed by atoms with E-state index in [9.17, 15) is 14.0 Å². The number of benzene rings is 1. The molecule has 1 aliphatic carbocycles. The van der Waals surface area contributed by atoms with E-state index >= 15 is 0 Å². The van der Waals surface area contributed by atoms with Crippen molar-refractivity contribution in [3.05, 3.63) is 35.6 Å². The van der Waals surface area contributed by atoms with Crippen molar-refractivity contribution >= 4 is 12.0 Å². The van der Waals surface area contributed by atoms with E-state index in [1.165, 1.54) is 44.2 Å². The Morgan fingerprint density at radius 3 is 2.42 bits per heavy atom. The van der Waals surface area contributed by atoms with Gasteiger partial charge >= 0.3 is 6.09 Å². The fourth-order valence-corrected chi connectivity index (χ4v) is 7.27. The van der Waals surface area contributed by atoms with Crippen molar-refractivity contribution in [3.63, 3.8) is 0 Å². The van der Waals surface area contributed by atoms with Crippen molar-refractivity contribution in [3.8, 4) is 0 Å². The van der Waals surface area contributed by atoms with Gasteiger partial charge in [0.2, 0.25) is 5.91 Å². The molecule has 3 aliphatic heterocycles. The number of rotatable bonds is 5. The average Bonchev–Trinajstić information content (AvgIpc) is 3.16. The van der Waals surface area contributed by atoms with E-state index < -0.39 is 0 Å². The van der Waals surface area contributed by atoms with Gasteiger partial charge in [-0.3, -0.25) is 9.69 Å². The van der Waals surface area contributed by atoms with Crippen LogP contribution in [0.25, 0.3) is 0 Å². The number of hydrogen-bond acceptors (Lipinski definition) is 4. The molecule has 1 aromatic carbocycles. The molecule has 0 bridgehead atoms. The first kappa shape index (κ1) is 25.5. The fourth-order valence-electron chi connectivity index (χ4n) is 7.27. The molecule has 0 unspecified atom stereocenters. The lowest BCUT2D eigenvalue weighted by Crippen LogP contribution is -2.56. The molecule has 1 aromatic rings. The second kappa shape index (κ2) is 10.3. The van der Waals surface area contributed by atoms with Crippen LogP contribution in [0.1, 0.15) is 76.7 Å². The van der Waals surface area contributed by atoms with Crippen LogP contribution in [-0.2, 0) is 9.53 Å². The minimum Gasteiger partial charge on any atom is -0.447 e. The number of nitrogens with one attached hydrogen (secondary N) is 1. The second-order valence-electron chi connectivity index (χ2n) is 12.2. The maximum atomic E-state index is 13.8. The van der Waals surface area contributed by atoms with Gasteiger partial charge in [-0.2, -0.15) is 0 Å². The third-order valence-electron chi connectivity index (χ3n) is 9.61. The first-order valence-corrected chi connectivity index (χ1v) is 14.0. The Kier molecular flexibility index (Phi) is 7.30. The molecule has 0 radical (unpaired) electrons. The van der Waals surface area contributed by atoms with Gasteiger partial charge in [0.25, 0.3) is 0 Å². The normalized spacial score (nSPS) is 28.7. The summed E-state index contributed by atoms with van der Waals surface area (Å²) in [5.74, 6) is 0.580. The highest BCUT2D eigenvalue weighted by Crippen LogP contribution is 2.48. The molecule has 5 rings (SSSR count). The van der Waals surface area contributed by atoms with E-state index in [1.807, 2.05) is 17.0 Å². The lowest BCUT2D eigenvalue weighted by molar-refractivity contribution is -0.140. The van der Waals surface area contributed by atoms with Gasteiger partial charge in [0, 0.05) is 38.0 Å². The highest BCUT2D eigenvalue weighted by atomic mass is 19.1. The molecule has 3 saturated heterocycles. The van der Waals surface area contributed by atoms with E-state index in [4.69, 9.17) is 4.74 Å². The minimum absolute atomic E-state index is 0.0440. The summed E-state index contributed by atoms with van der Waals surface area (Å²) in [7, 11) is 0. The van der Waals surface area contributed by atoms with E-state index in [0.717, 1.165) is 57.5 Å². The summed E-state index contributed by atoms with van der Waals surface area (Å²) in [6, 6.07) is 6.65. The van der Waals surface area contributed by atoms with Gasteiger partial charge in [-0.05, 0) is 81.5 Å². The van der Waals surface area contributed by atoms with Crippen LogP contribution >= 0.6 is 0 Å². The molecule has 36 heavy (non-hydrogen) atoms. The molecule has 2 amide bonds. The van der Waals surface area contributed by atoms with Gasteiger partial charge < -0.3 is 15.0 Å². The first-order chi connectivity index (χ1) is 17.3. The summed E-state index contributed by atoms with van der Waals surface area (Å²) >= 11 is 0. The summed E-state index contributed by atoms with van der Waals surface area (Å²) in [4.78, 5) is 30.6. The standard InChI is InChI=1S/C29H42FN3O3/c1-28(2)20-36-27(35)33(28)19-29(22-6-4-3-5-7-22)13-16-32(17-14-29)26(34)24-12-15-31-18-25(24)21-8-10-23(30)11-9-21/h8-11,22,24-25,31H,3-7,12-20H2,1-2H3/t24-,25+/m1/s1. The molecule has 4 aliphatic rings. The van der Waals surface area contributed by atoms with Crippen molar-refractivity contribution in [1.29, 1.82) is 0 Å². The Morgan fingerprint density at radius 1 is 1.08 bits per heavy atom. The number of ether oxygens (including phenoxy) is 1. The summed E-state index contributed by atoms with van der Waals surface area (Å²) in [5, 5.41) is 3.43. The Bertz CT molecular complexity index is 936. The van der Waals surface area contributed by atoms with Crippen molar-refractivity contribution in [2.24, 2.45) is 17.3 Å². The predicted molar refractivity (Wildman–Crippen MR) is 137 cm³/mol. The van der Waals surface area contributed by atoms with Gasteiger partial charge in [0.15, 0.2) is 0 Å². The Balaban J connectivity index is 1.31. The third-order valence-corrected chi connectivity index (χ3v) is 9.61. The van der Waals surface area contributed by atoms with Crippen molar-refractivity contribution in [2.75, 3.05) is 39.3 Å². The zero-order valence-corrected chi connectivity index (χ0v) is 21.9. The number of nitrogens with zero attached hydrogens (tertiary/aromatic N) is 2. The molecule has 0 spiro atoms. The molecule has 1 saturated carbocycles. The third kappa shape index (κ3) is 5.00. The first-order valence-electron chi connectivity index (χ1n) is 14.0. The second-order valence-corrected chi connectivity index (χ2v) is 12.2. The number of piperidine rings is 2. The summed E-state index contributed by atoms with van der Waals surface area (Å²) in [5.41, 5.74) is 0.788. The van der Waals surface area contributed by atoms with Crippen LogP contribution in [0.5, 0.6) is 0 Å². The number of likely N-dealkylation sites (tertiary alicyclic amines) is 1. The van der Waals surface area contributed by atoms with Crippen LogP contribution < -0.4 is 5.32 Å². The maximum absolute atomic E-state index is 13.8. The van der Waals surface area contributed by atoms with E-state index in [0.29, 0.717) is 12.5 Å². The van der Waals surface area contributed by atoms with Gasteiger partial charge in [-0.15, -0.1) is 0 Å². The van der Waals surface area contributed by atoms with E-state index in [2.05, 4.69) is 24.1 Å². The highest BCUT2D eigenvalue weighted by Gasteiger charge is 2.50. The number of carbonyl (C=O) groups excluding carboxylic acids is 2. The van der Waals surface area contributed by atoms with E-state index in [1.54, 1.807) is 0 Å². The Hall–Kier alpha value is -2.15. The molecular formula is C29H42FN3O3. The number of hydrogen-bond donors (Lipinski definition) is 1. The van der Waals surface area contributed by atoms with Crippen LogP contribution in [0.4, 0.5) is 9.18 Å². The maximum Gasteiger partial charge on any atom is 0.410 e. The number of cyclic esters (lactones) is 1. The molecule has 3 heterocycles. The SMILES string of the molecule is CC1(C)COC(=O)N1CC1(C2CCCCC2)CCN(C(=O)[C@@H]2CCNC[C@H]2c2ccc(F)cc2)CC1. The molecule has 6 nitrogen and oxygen atoms in total. The summed E-state index contributed by atoms with van der Waals surface area (Å²) in [6.45, 7) is 8.44. The number of halogens is 1. The molecule has 198 valence electrons. The lowest BCUT2D eigenvalue weighted by Gasteiger charge is -2.51. The molecule has 0 aromatic heterocycles. The number of carbonyl (C=O) groups is 2. The number of amides is 2. The monoisotopic (exact) mass is 499 g/mol. The van der Waals surface area contributed by atoms with Crippen molar-refractivity contribution in [2.45, 2.75) is 76.7 Å². The van der Waals surface area contributed by atoms with Crippen LogP contribution in [-0.4, -0.2) is 66.7 Å². The van der Waals surface area contributed by atoms with Crippen LogP contribution in [0.3, 0.4) is 0 Å². The zero-order valence-electron chi connectivity index (χ0n) is 21.9. The zero-order chi connectivity index (χ0) is 25.3. The highest BCUT2D eigenvalue weighted by molar-refractivity contribution is 5.80. The topological polar surface area (TPSA) is 61.9 Å². The van der Waals surface area contributed by atoms with Gasteiger partial charge in [-0.25, -0.2) is 9.18 Å². The molecular weight excluding hydrogens is 457 g/mol. The predicted octanol–water partition coefficient (Wildman–Crippen LogP) is 4.94. The lowest BCUT2D eigenvalue weighted by atomic mass is 9.63.